The SMILES string of the molecule is CSc1ccccc1NC(=O)C(C)N(C)CC(=O)Nc1c(Cl)cccc1Cl. The van der Waals surface area contributed by atoms with Gasteiger partial charge in [-0.3, -0.25) is 14.5 Å². The van der Waals surface area contributed by atoms with Crippen molar-refractivity contribution in [3.63, 3.8) is 0 Å². The van der Waals surface area contributed by atoms with Gasteiger partial charge in [-0.15, -0.1) is 11.8 Å². The van der Waals surface area contributed by atoms with Crippen LogP contribution in [0.3, 0.4) is 0 Å². The number of nitrogens with one attached hydrogen (secondary N) is 2. The second-order valence-electron chi connectivity index (χ2n) is 5.93. The number of benzene rings is 2. The molecule has 0 heterocycles. The van der Waals surface area contributed by atoms with Gasteiger partial charge in [0.15, 0.2) is 0 Å². The fraction of sp³-hybridized carbons (Fsp3) is 0.263. The van der Waals surface area contributed by atoms with Gasteiger partial charge in [0.2, 0.25) is 11.8 Å². The Bertz CT molecular complexity index is 812. The van der Waals surface area contributed by atoms with E-state index in [4.69, 9.17) is 23.2 Å². The molecule has 0 radical (unpaired) electrons. The van der Waals surface area contributed by atoms with Crippen molar-refractivity contribution in [3.8, 4) is 0 Å². The van der Waals surface area contributed by atoms with E-state index < -0.39 is 6.04 Å². The summed E-state index contributed by atoms with van der Waals surface area (Å²) in [5.74, 6) is -0.501. The van der Waals surface area contributed by atoms with Crippen LogP contribution in [0, 0.1) is 0 Å². The number of hydrogen-bond acceptors (Lipinski definition) is 4. The lowest BCUT2D eigenvalue weighted by atomic mass is 10.2. The predicted octanol–water partition coefficient (Wildman–Crippen LogP) is 4.61. The second-order valence-corrected chi connectivity index (χ2v) is 7.59. The highest BCUT2D eigenvalue weighted by Crippen LogP contribution is 2.29. The zero-order chi connectivity index (χ0) is 20.0. The maximum atomic E-state index is 12.5. The monoisotopic (exact) mass is 425 g/mol. The average Bonchev–Trinajstić information content (AvgIpc) is 2.64. The van der Waals surface area contributed by atoms with Crippen LogP contribution < -0.4 is 10.6 Å². The molecule has 8 heteroatoms. The van der Waals surface area contributed by atoms with Gasteiger partial charge >= 0.3 is 0 Å². The Balaban J connectivity index is 1.97. The number of thioether (sulfide) groups is 1. The van der Waals surface area contributed by atoms with Crippen LogP contribution in [0.1, 0.15) is 6.92 Å². The zero-order valence-corrected chi connectivity index (χ0v) is 17.6. The molecular formula is C19H21Cl2N3O2S. The fourth-order valence-corrected chi connectivity index (χ4v) is 3.39. The van der Waals surface area contributed by atoms with E-state index in [0.717, 1.165) is 10.6 Å². The van der Waals surface area contributed by atoms with Crippen molar-refractivity contribution in [3.05, 3.63) is 52.5 Å². The van der Waals surface area contributed by atoms with Crippen molar-refractivity contribution in [1.29, 1.82) is 0 Å². The van der Waals surface area contributed by atoms with E-state index >= 15 is 0 Å². The molecule has 0 aliphatic rings. The standard InChI is InChI=1S/C19H21Cl2N3O2S/c1-12(19(26)22-15-9-4-5-10-16(15)27-3)24(2)11-17(25)23-18-13(20)7-6-8-14(18)21/h4-10,12H,11H2,1-3H3,(H,22,26)(H,23,25). The molecular weight excluding hydrogens is 405 g/mol. The van der Waals surface area contributed by atoms with E-state index in [1.54, 1.807) is 48.8 Å². The van der Waals surface area contributed by atoms with Crippen molar-refractivity contribution >= 4 is 58.2 Å². The van der Waals surface area contributed by atoms with Gasteiger partial charge < -0.3 is 10.6 Å². The smallest absolute Gasteiger partial charge is 0.241 e. The fourth-order valence-electron chi connectivity index (χ4n) is 2.34. The summed E-state index contributed by atoms with van der Waals surface area (Å²) < 4.78 is 0. The molecule has 0 aliphatic heterocycles. The summed E-state index contributed by atoms with van der Waals surface area (Å²) in [5.41, 5.74) is 1.12. The molecule has 0 fully saturated rings. The maximum Gasteiger partial charge on any atom is 0.241 e. The molecule has 2 N–H and O–H groups in total. The van der Waals surface area contributed by atoms with Crippen LogP contribution in [0.5, 0.6) is 0 Å². The first-order valence-corrected chi connectivity index (χ1v) is 10.2. The third-order valence-electron chi connectivity index (χ3n) is 4.03. The van der Waals surface area contributed by atoms with Crippen LogP contribution in [0.25, 0.3) is 0 Å². The Hall–Kier alpha value is -1.73. The van der Waals surface area contributed by atoms with Crippen molar-refractivity contribution in [1.82, 2.24) is 4.90 Å². The molecule has 2 aromatic carbocycles. The van der Waals surface area contributed by atoms with Gasteiger partial charge in [-0.2, -0.15) is 0 Å². The van der Waals surface area contributed by atoms with Crippen LogP contribution in [0.2, 0.25) is 10.0 Å². The van der Waals surface area contributed by atoms with Crippen molar-refractivity contribution < 1.29 is 9.59 Å². The second kappa shape index (κ2) is 9.99. The number of rotatable bonds is 7. The largest absolute Gasteiger partial charge is 0.324 e. The summed E-state index contributed by atoms with van der Waals surface area (Å²) in [6.45, 7) is 1.76. The molecule has 144 valence electrons. The van der Waals surface area contributed by atoms with Crippen LogP contribution in [0.15, 0.2) is 47.4 Å². The van der Waals surface area contributed by atoms with Crippen LogP contribution in [0.4, 0.5) is 11.4 Å². The summed E-state index contributed by atoms with van der Waals surface area (Å²) in [7, 11) is 1.71. The number of halogens is 2. The van der Waals surface area contributed by atoms with Gasteiger partial charge in [-0.1, -0.05) is 41.4 Å². The molecule has 2 rings (SSSR count). The zero-order valence-electron chi connectivity index (χ0n) is 15.3. The molecule has 0 aromatic heterocycles. The Morgan fingerprint density at radius 1 is 1.07 bits per heavy atom. The topological polar surface area (TPSA) is 61.4 Å². The van der Waals surface area contributed by atoms with Crippen molar-refractivity contribution in [2.45, 2.75) is 17.9 Å². The summed E-state index contributed by atoms with van der Waals surface area (Å²) in [5, 5.41) is 6.32. The van der Waals surface area contributed by atoms with E-state index in [9.17, 15) is 9.59 Å². The number of nitrogens with zero attached hydrogens (tertiary/aromatic N) is 1. The quantitative estimate of drug-likeness (QED) is 0.635. The highest BCUT2D eigenvalue weighted by atomic mass is 35.5. The molecule has 2 amide bonds. The summed E-state index contributed by atoms with van der Waals surface area (Å²) in [6.07, 6.45) is 1.95. The van der Waals surface area contributed by atoms with E-state index in [1.807, 2.05) is 30.5 Å². The van der Waals surface area contributed by atoms with Crippen LogP contribution >= 0.6 is 35.0 Å². The Labute approximate surface area is 173 Å². The molecule has 0 spiro atoms. The minimum atomic E-state index is -0.507. The predicted molar refractivity (Wildman–Crippen MR) is 114 cm³/mol. The molecule has 1 unspecified atom stereocenters. The normalized spacial score (nSPS) is 11.9. The third-order valence-corrected chi connectivity index (χ3v) is 5.45. The van der Waals surface area contributed by atoms with Gasteiger partial charge in [0.1, 0.15) is 0 Å². The van der Waals surface area contributed by atoms with E-state index in [0.29, 0.717) is 15.7 Å². The maximum absolute atomic E-state index is 12.5. The number of likely N-dealkylation sites (N-methyl/N-ethyl adjacent to an activating group) is 1. The molecule has 2 aromatic rings. The Morgan fingerprint density at radius 3 is 2.33 bits per heavy atom. The molecule has 0 saturated carbocycles. The lowest BCUT2D eigenvalue weighted by Gasteiger charge is -2.24. The molecule has 1 atom stereocenters. The number of carbonyl (C=O) groups excluding carboxylic acids is 2. The number of amides is 2. The molecule has 0 bridgehead atoms. The minimum absolute atomic E-state index is 0.0142. The van der Waals surface area contributed by atoms with Gasteiger partial charge in [0, 0.05) is 4.90 Å². The molecule has 27 heavy (non-hydrogen) atoms. The molecule has 0 saturated heterocycles. The first kappa shape index (κ1) is 21.6. The van der Waals surface area contributed by atoms with Crippen molar-refractivity contribution in [2.24, 2.45) is 0 Å². The van der Waals surface area contributed by atoms with Crippen LogP contribution in [-0.4, -0.2) is 42.6 Å². The van der Waals surface area contributed by atoms with E-state index in [2.05, 4.69) is 10.6 Å². The third kappa shape index (κ3) is 5.87. The van der Waals surface area contributed by atoms with Gasteiger partial charge in [-0.25, -0.2) is 0 Å². The van der Waals surface area contributed by atoms with Gasteiger partial charge in [0.05, 0.1) is 34.0 Å². The number of hydrogen-bond donors (Lipinski definition) is 2. The lowest BCUT2D eigenvalue weighted by Crippen LogP contribution is -2.43. The number of anilines is 2. The minimum Gasteiger partial charge on any atom is -0.324 e. The number of para-hydroxylation sites is 2. The first-order chi connectivity index (χ1) is 12.8. The van der Waals surface area contributed by atoms with Crippen LogP contribution in [-0.2, 0) is 9.59 Å². The van der Waals surface area contributed by atoms with Gasteiger partial charge in [-0.05, 0) is 44.5 Å². The molecule has 5 nitrogen and oxygen atoms in total. The highest BCUT2D eigenvalue weighted by molar-refractivity contribution is 7.98. The summed E-state index contributed by atoms with van der Waals surface area (Å²) >= 11 is 13.7. The molecule has 0 aliphatic carbocycles. The van der Waals surface area contributed by atoms with E-state index in [-0.39, 0.29) is 18.4 Å². The van der Waals surface area contributed by atoms with Crippen molar-refractivity contribution in [2.75, 3.05) is 30.5 Å². The highest BCUT2D eigenvalue weighted by Gasteiger charge is 2.21. The Morgan fingerprint density at radius 2 is 1.70 bits per heavy atom. The number of carbonyl (C=O) groups is 2. The van der Waals surface area contributed by atoms with Gasteiger partial charge in [0.25, 0.3) is 0 Å². The Kier molecular flexibility index (Phi) is 7.98. The average molecular weight is 426 g/mol. The van der Waals surface area contributed by atoms with E-state index in [1.165, 1.54) is 0 Å². The lowest BCUT2D eigenvalue weighted by molar-refractivity contribution is -0.122. The first-order valence-electron chi connectivity index (χ1n) is 8.21. The summed E-state index contributed by atoms with van der Waals surface area (Å²) in [6, 6.07) is 12.1. The summed E-state index contributed by atoms with van der Waals surface area (Å²) in [4.78, 5) is 27.5.